The minimum absolute atomic E-state index is 0.0443. The van der Waals surface area contributed by atoms with Crippen molar-refractivity contribution in [3.8, 4) is 45.1 Å². The molecule has 1 unspecified atom stereocenters. The average molecular weight is 801 g/mol. The Kier molecular flexibility index (Phi) is 12.0. The summed E-state index contributed by atoms with van der Waals surface area (Å²) in [5.74, 6) is 1.80. The predicted molar refractivity (Wildman–Crippen MR) is 217 cm³/mol. The molecule has 13 heteroatoms. The van der Waals surface area contributed by atoms with Gasteiger partial charge in [-0.1, -0.05) is 65.7 Å². The zero-order chi connectivity index (χ0) is 39.5. The fourth-order valence-corrected chi connectivity index (χ4v) is 8.95. The zero-order valence-electron chi connectivity index (χ0n) is 31.9. The van der Waals surface area contributed by atoms with Crippen molar-refractivity contribution in [3.63, 3.8) is 0 Å². The highest BCUT2D eigenvalue weighted by Crippen LogP contribution is 2.44. The zero-order valence-corrected chi connectivity index (χ0v) is 33.5. The number of carbonyl (C=O) groups excluding carboxylic acids is 2. The Balaban J connectivity index is 1.11. The Bertz CT molecular complexity index is 2120. The lowest BCUT2D eigenvalue weighted by atomic mass is 9.90. The number of halogens is 2. The Morgan fingerprint density at radius 3 is 2.25 bits per heavy atom. The van der Waals surface area contributed by atoms with E-state index in [9.17, 15) is 19.5 Å². The average Bonchev–Trinajstić information content (AvgIpc) is 3.62. The van der Waals surface area contributed by atoms with Gasteiger partial charge in [0.05, 0.1) is 36.5 Å². The molecule has 11 nitrogen and oxygen atoms in total. The van der Waals surface area contributed by atoms with E-state index in [0.29, 0.717) is 45.6 Å². The molecule has 4 heterocycles. The van der Waals surface area contributed by atoms with Gasteiger partial charge >= 0.3 is 6.09 Å². The van der Waals surface area contributed by atoms with Crippen LogP contribution in [0.15, 0.2) is 60.7 Å². The number of hydrogen-bond donors (Lipinski definition) is 2. The molecular weight excluding hydrogens is 753 g/mol. The first-order valence-electron chi connectivity index (χ1n) is 19.1. The molecule has 0 bridgehead atoms. The van der Waals surface area contributed by atoms with E-state index in [1.165, 1.54) is 23.1 Å². The molecule has 1 atom stereocenters. The highest BCUT2D eigenvalue weighted by Gasteiger charge is 2.28. The Morgan fingerprint density at radius 1 is 0.911 bits per heavy atom. The molecule has 7 rings (SSSR count). The molecule has 1 aromatic heterocycles. The van der Waals surface area contributed by atoms with Crippen molar-refractivity contribution in [1.29, 1.82) is 0 Å². The van der Waals surface area contributed by atoms with Crippen LogP contribution in [0, 0.1) is 5.92 Å². The van der Waals surface area contributed by atoms with Crippen LogP contribution in [0.2, 0.25) is 10.0 Å². The van der Waals surface area contributed by atoms with Gasteiger partial charge in [-0.05, 0) is 60.9 Å². The minimum atomic E-state index is -1.09. The summed E-state index contributed by atoms with van der Waals surface area (Å²) >= 11 is 14.4. The normalized spacial score (nSPS) is 17.3. The van der Waals surface area contributed by atoms with Crippen molar-refractivity contribution >= 4 is 41.1 Å². The minimum Gasteiger partial charge on any atom is -0.496 e. The summed E-state index contributed by atoms with van der Waals surface area (Å²) in [5.41, 5.74) is 7.63. The predicted octanol–water partition coefficient (Wildman–Crippen LogP) is 7.78. The maximum Gasteiger partial charge on any atom is 0.407 e. The van der Waals surface area contributed by atoms with E-state index in [0.717, 1.165) is 80.0 Å². The standard InChI is InChI=1S/C43H47Cl2N5O6/c1-26(51)49-18-14-27(15-19-49)22-48-17-16-28-20-30(21-38(55-2)36(28)25-48)32-6-4-7-33(40(32)44)34-8-5-9-35(41(34)45)37-12-10-29(42(47-37)56-3)23-50(43(53)54)24-31-11-13-39(52)46-31/h4-10,12,20-21,27,31H,11,13-19,22-25H2,1-3H3,(H,46,52)(H,53,54). The highest BCUT2D eigenvalue weighted by atomic mass is 35.5. The Morgan fingerprint density at radius 2 is 1.61 bits per heavy atom. The number of rotatable bonds is 11. The fraction of sp³-hybridized carbons (Fsp3) is 0.395. The molecule has 0 spiro atoms. The lowest BCUT2D eigenvalue weighted by Crippen LogP contribution is -2.41. The summed E-state index contributed by atoms with van der Waals surface area (Å²) in [6.45, 7) is 6.34. The number of nitrogens with zero attached hydrogens (tertiary/aromatic N) is 4. The molecule has 3 aliphatic heterocycles. The molecule has 56 heavy (non-hydrogen) atoms. The van der Waals surface area contributed by atoms with E-state index < -0.39 is 6.09 Å². The number of hydrogen-bond acceptors (Lipinski definition) is 7. The maximum atomic E-state index is 12.1. The van der Waals surface area contributed by atoms with Gasteiger partial charge in [-0.15, -0.1) is 0 Å². The monoisotopic (exact) mass is 799 g/mol. The van der Waals surface area contributed by atoms with Gasteiger partial charge in [-0.3, -0.25) is 14.5 Å². The number of pyridine rings is 1. The molecule has 2 fully saturated rings. The molecule has 2 N–H and O–H groups in total. The molecule has 4 aromatic rings. The molecule has 0 aliphatic carbocycles. The molecule has 294 valence electrons. The topological polar surface area (TPSA) is 125 Å². The van der Waals surface area contributed by atoms with Crippen LogP contribution in [-0.2, 0) is 29.1 Å². The summed E-state index contributed by atoms with van der Waals surface area (Å²) in [6.07, 6.45) is 2.86. The molecule has 3 aromatic carbocycles. The number of amides is 3. The van der Waals surface area contributed by atoms with E-state index in [-0.39, 0.29) is 36.8 Å². The fourth-order valence-electron chi connectivity index (χ4n) is 8.29. The number of benzene rings is 3. The first-order chi connectivity index (χ1) is 27.0. The number of carbonyl (C=O) groups is 3. The van der Waals surface area contributed by atoms with Gasteiger partial charge in [0.2, 0.25) is 17.7 Å². The first-order valence-corrected chi connectivity index (χ1v) is 19.9. The van der Waals surface area contributed by atoms with Crippen molar-refractivity contribution in [2.45, 2.75) is 58.2 Å². The molecule has 0 saturated carbocycles. The second-order valence-electron chi connectivity index (χ2n) is 14.9. The van der Waals surface area contributed by atoms with E-state index in [2.05, 4.69) is 22.3 Å². The first kappa shape index (κ1) is 39.4. The van der Waals surface area contributed by atoms with Crippen LogP contribution in [0.25, 0.3) is 33.5 Å². The molecule has 0 radical (unpaired) electrons. The summed E-state index contributed by atoms with van der Waals surface area (Å²) in [5, 5.41) is 13.8. The van der Waals surface area contributed by atoms with Crippen molar-refractivity contribution in [2.24, 2.45) is 5.92 Å². The van der Waals surface area contributed by atoms with Crippen LogP contribution in [0.3, 0.4) is 0 Å². The number of likely N-dealkylation sites (tertiary alicyclic amines) is 1. The van der Waals surface area contributed by atoms with Gasteiger partial charge < -0.3 is 29.7 Å². The number of piperidine rings is 1. The van der Waals surface area contributed by atoms with Gasteiger partial charge in [0.25, 0.3) is 0 Å². The van der Waals surface area contributed by atoms with E-state index in [1.807, 2.05) is 41.3 Å². The second kappa shape index (κ2) is 17.1. The number of aromatic nitrogens is 1. The third kappa shape index (κ3) is 8.45. The van der Waals surface area contributed by atoms with Crippen LogP contribution in [0.1, 0.15) is 49.3 Å². The third-order valence-electron chi connectivity index (χ3n) is 11.3. The third-order valence-corrected chi connectivity index (χ3v) is 12.2. The number of methoxy groups -OCH3 is 2. The highest BCUT2D eigenvalue weighted by molar-refractivity contribution is 6.39. The smallest absolute Gasteiger partial charge is 0.407 e. The quantitative estimate of drug-likeness (QED) is 0.158. The lowest BCUT2D eigenvalue weighted by Gasteiger charge is -2.36. The van der Waals surface area contributed by atoms with Gasteiger partial charge in [0.15, 0.2) is 0 Å². The summed E-state index contributed by atoms with van der Waals surface area (Å²) < 4.78 is 11.6. The van der Waals surface area contributed by atoms with Crippen LogP contribution in [-0.4, -0.2) is 95.7 Å². The summed E-state index contributed by atoms with van der Waals surface area (Å²) in [4.78, 5) is 46.1. The SMILES string of the molecule is COc1cc(-c2cccc(-c3cccc(-c4ccc(CN(CC5CCC(=O)N5)C(=O)O)c(OC)n4)c3Cl)c2Cl)cc2c1CN(CC1CCN(C(C)=O)CC1)CC2. The van der Waals surface area contributed by atoms with Crippen LogP contribution < -0.4 is 14.8 Å². The van der Waals surface area contributed by atoms with Crippen LogP contribution in [0.5, 0.6) is 11.6 Å². The number of carboxylic acid groups (broad SMARTS) is 1. The number of nitrogens with one attached hydrogen (secondary N) is 1. The van der Waals surface area contributed by atoms with Crippen molar-refractivity contribution in [2.75, 3.05) is 46.9 Å². The largest absolute Gasteiger partial charge is 0.496 e. The van der Waals surface area contributed by atoms with E-state index >= 15 is 0 Å². The van der Waals surface area contributed by atoms with E-state index in [4.69, 9.17) is 37.7 Å². The van der Waals surface area contributed by atoms with Gasteiger partial charge in [-0.2, -0.15) is 0 Å². The Labute approximate surface area is 337 Å². The van der Waals surface area contributed by atoms with Gasteiger partial charge in [0, 0.05) is 92.0 Å². The molecule has 2 saturated heterocycles. The molecule has 3 amide bonds. The van der Waals surface area contributed by atoms with Crippen molar-refractivity contribution < 1.29 is 29.0 Å². The number of ether oxygens (including phenoxy) is 2. The lowest BCUT2D eigenvalue weighted by molar-refractivity contribution is -0.130. The molecule has 3 aliphatic rings. The maximum absolute atomic E-state index is 12.1. The summed E-state index contributed by atoms with van der Waals surface area (Å²) in [7, 11) is 3.21. The van der Waals surface area contributed by atoms with Crippen molar-refractivity contribution in [1.82, 2.24) is 25.0 Å². The van der Waals surface area contributed by atoms with Gasteiger partial charge in [-0.25, -0.2) is 9.78 Å². The van der Waals surface area contributed by atoms with Crippen LogP contribution in [0.4, 0.5) is 4.79 Å². The van der Waals surface area contributed by atoms with E-state index in [1.54, 1.807) is 26.2 Å². The number of fused-ring (bicyclic) bond motifs is 1. The molecular formula is C43H47Cl2N5O6. The van der Waals surface area contributed by atoms with Gasteiger partial charge in [0.1, 0.15) is 5.75 Å². The summed E-state index contributed by atoms with van der Waals surface area (Å²) in [6, 6.07) is 19.3. The van der Waals surface area contributed by atoms with Crippen LogP contribution >= 0.6 is 23.2 Å². The Hall–Kier alpha value is -4.84. The van der Waals surface area contributed by atoms with Crippen molar-refractivity contribution in [3.05, 3.63) is 87.4 Å². The second-order valence-corrected chi connectivity index (χ2v) is 15.7.